The molecule has 1 atom stereocenters. The molecule has 0 aromatic heterocycles. The highest BCUT2D eigenvalue weighted by molar-refractivity contribution is 5.81. The number of alkyl halides is 2. The molecule has 21 heavy (non-hydrogen) atoms. The number of nitrogens with one attached hydrogen (secondary N) is 2. The molecular weight excluding hydrogens is 278 g/mol. The predicted octanol–water partition coefficient (Wildman–Crippen LogP) is 2.71. The van der Waals surface area contributed by atoms with Crippen molar-refractivity contribution in [3.05, 3.63) is 29.8 Å². The second-order valence-electron chi connectivity index (χ2n) is 5.51. The minimum absolute atomic E-state index is 0.00506. The molecule has 0 aliphatic heterocycles. The van der Waals surface area contributed by atoms with Crippen molar-refractivity contribution >= 4 is 5.91 Å². The van der Waals surface area contributed by atoms with E-state index in [9.17, 15) is 13.6 Å². The van der Waals surface area contributed by atoms with Crippen LogP contribution in [0.2, 0.25) is 0 Å². The maximum atomic E-state index is 12.1. The van der Waals surface area contributed by atoms with Crippen LogP contribution >= 0.6 is 0 Å². The Hall–Kier alpha value is -1.69. The molecule has 118 valence electrons. The van der Waals surface area contributed by atoms with E-state index in [0.29, 0.717) is 6.54 Å². The molecular formula is C15H22F2N2O2. The summed E-state index contributed by atoms with van der Waals surface area (Å²) in [6.45, 7) is 3.34. The lowest BCUT2D eigenvalue weighted by Crippen LogP contribution is -2.42. The van der Waals surface area contributed by atoms with Crippen molar-refractivity contribution in [2.45, 2.75) is 33.4 Å². The van der Waals surface area contributed by atoms with Crippen LogP contribution < -0.4 is 15.4 Å². The highest BCUT2D eigenvalue weighted by Gasteiger charge is 2.26. The third-order valence-corrected chi connectivity index (χ3v) is 3.30. The van der Waals surface area contributed by atoms with Crippen LogP contribution in [0.25, 0.3) is 0 Å². The van der Waals surface area contributed by atoms with E-state index in [2.05, 4.69) is 15.4 Å². The van der Waals surface area contributed by atoms with E-state index >= 15 is 0 Å². The van der Waals surface area contributed by atoms with Gasteiger partial charge in [-0.15, -0.1) is 0 Å². The molecule has 0 aliphatic carbocycles. The van der Waals surface area contributed by atoms with E-state index in [0.717, 1.165) is 5.56 Å². The summed E-state index contributed by atoms with van der Waals surface area (Å²) < 4.78 is 28.4. The van der Waals surface area contributed by atoms with E-state index in [1.807, 2.05) is 20.8 Å². The van der Waals surface area contributed by atoms with Gasteiger partial charge in [0.25, 0.3) is 0 Å². The third-order valence-electron chi connectivity index (χ3n) is 3.30. The maximum Gasteiger partial charge on any atom is 0.387 e. The van der Waals surface area contributed by atoms with Gasteiger partial charge in [-0.05, 0) is 38.5 Å². The van der Waals surface area contributed by atoms with E-state index in [4.69, 9.17) is 0 Å². The van der Waals surface area contributed by atoms with Crippen molar-refractivity contribution in [1.82, 2.24) is 10.6 Å². The van der Waals surface area contributed by atoms with Gasteiger partial charge in [-0.25, -0.2) is 0 Å². The zero-order chi connectivity index (χ0) is 16.0. The zero-order valence-electron chi connectivity index (χ0n) is 12.7. The zero-order valence-corrected chi connectivity index (χ0v) is 12.7. The number of hydrogen-bond acceptors (Lipinski definition) is 3. The van der Waals surface area contributed by atoms with Gasteiger partial charge in [0.15, 0.2) is 0 Å². The number of rotatable bonds is 7. The lowest BCUT2D eigenvalue weighted by Gasteiger charge is -2.25. The average Bonchev–Trinajstić information content (AvgIpc) is 2.44. The molecule has 0 saturated carbocycles. The van der Waals surface area contributed by atoms with Gasteiger partial charge >= 0.3 is 6.61 Å². The summed E-state index contributed by atoms with van der Waals surface area (Å²) >= 11 is 0. The van der Waals surface area contributed by atoms with Gasteiger partial charge < -0.3 is 15.4 Å². The average molecular weight is 300 g/mol. The number of carbonyl (C=O) groups excluding carboxylic acids is 1. The largest absolute Gasteiger partial charge is 0.435 e. The molecule has 4 nitrogen and oxygen atoms in total. The van der Waals surface area contributed by atoms with E-state index in [1.165, 1.54) is 12.1 Å². The standard InChI is InChI=1S/C15H22F2N2O2/c1-10(19-9-15(2,3)13(20)18-4)11-5-7-12(8-6-11)21-14(16)17/h5-8,10,14,19H,9H2,1-4H3,(H,18,20). The quantitative estimate of drug-likeness (QED) is 0.814. The summed E-state index contributed by atoms with van der Waals surface area (Å²) in [6, 6.07) is 6.45. The number of amides is 1. The summed E-state index contributed by atoms with van der Waals surface area (Å²) in [5, 5.41) is 5.89. The summed E-state index contributed by atoms with van der Waals surface area (Å²) in [5.74, 6) is 0.0921. The summed E-state index contributed by atoms with van der Waals surface area (Å²) in [6.07, 6.45) is 0. The van der Waals surface area contributed by atoms with Crippen molar-refractivity contribution in [2.24, 2.45) is 5.41 Å². The normalized spacial score (nSPS) is 13.1. The van der Waals surface area contributed by atoms with Gasteiger partial charge in [-0.2, -0.15) is 8.78 Å². The van der Waals surface area contributed by atoms with Crippen LogP contribution in [0.3, 0.4) is 0 Å². The Bertz CT molecular complexity index is 461. The summed E-state index contributed by atoms with van der Waals surface area (Å²) in [7, 11) is 1.61. The Labute approximate surface area is 123 Å². The topological polar surface area (TPSA) is 50.4 Å². The van der Waals surface area contributed by atoms with Gasteiger partial charge in [0.05, 0.1) is 5.41 Å². The SMILES string of the molecule is CNC(=O)C(C)(C)CNC(C)c1ccc(OC(F)F)cc1. The first-order valence-electron chi connectivity index (χ1n) is 6.76. The molecule has 0 heterocycles. The molecule has 1 aromatic carbocycles. The minimum Gasteiger partial charge on any atom is -0.435 e. The molecule has 1 unspecified atom stereocenters. The number of benzene rings is 1. The molecule has 0 saturated heterocycles. The first kappa shape index (κ1) is 17.4. The molecule has 1 aromatic rings. The van der Waals surface area contributed by atoms with Crippen LogP contribution in [0.4, 0.5) is 8.78 Å². The van der Waals surface area contributed by atoms with Gasteiger partial charge in [0.2, 0.25) is 5.91 Å². The van der Waals surface area contributed by atoms with Crippen LogP contribution in [0, 0.1) is 5.41 Å². The van der Waals surface area contributed by atoms with E-state index < -0.39 is 12.0 Å². The lowest BCUT2D eigenvalue weighted by molar-refractivity contribution is -0.128. The van der Waals surface area contributed by atoms with Gasteiger partial charge in [-0.1, -0.05) is 12.1 Å². The Morgan fingerprint density at radius 1 is 1.29 bits per heavy atom. The third kappa shape index (κ3) is 5.30. The van der Waals surface area contributed by atoms with Crippen LogP contribution in [0.1, 0.15) is 32.4 Å². The molecule has 1 amide bonds. The number of hydrogen-bond donors (Lipinski definition) is 2. The molecule has 6 heteroatoms. The van der Waals surface area contributed by atoms with E-state index in [-0.39, 0.29) is 17.7 Å². The number of halogens is 2. The van der Waals surface area contributed by atoms with Crippen molar-refractivity contribution in [3.63, 3.8) is 0 Å². The fourth-order valence-corrected chi connectivity index (χ4v) is 1.88. The highest BCUT2D eigenvalue weighted by Crippen LogP contribution is 2.21. The molecule has 0 fully saturated rings. The van der Waals surface area contributed by atoms with E-state index in [1.54, 1.807) is 19.2 Å². The summed E-state index contributed by atoms with van der Waals surface area (Å²) in [5.41, 5.74) is 0.409. The van der Waals surface area contributed by atoms with Gasteiger partial charge in [0, 0.05) is 19.6 Å². The second kappa shape index (κ2) is 7.36. The van der Waals surface area contributed by atoms with Crippen molar-refractivity contribution < 1.29 is 18.3 Å². The Balaban J connectivity index is 2.59. The van der Waals surface area contributed by atoms with Crippen LogP contribution in [0.5, 0.6) is 5.75 Å². The van der Waals surface area contributed by atoms with Crippen molar-refractivity contribution in [1.29, 1.82) is 0 Å². The molecule has 0 aliphatic rings. The van der Waals surface area contributed by atoms with Crippen molar-refractivity contribution in [3.8, 4) is 5.75 Å². The Morgan fingerprint density at radius 2 is 1.86 bits per heavy atom. The molecule has 0 radical (unpaired) electrons. The van der Waals surface area contributed by atoms with Crippen LogP contribution in [-0.4, -0.2) is 26.1 Å². The monoisotopic (exact) mass is 300 g/mol. The Kier molecular flexibility index (Phi) is 6.08. The van der Waals surface area contributed by atoms with Crippen LogP contribution in [-0.2, 0) is 4.79 Å². The first-order chi connectivity index (χ1) is 9.76. The molecule has 0 spiro atoms. The summed E-state index contributed by atoms with van der Waals surface area (Å²) in [4.78, 5) is 11.7. The predicted molar refractivity (Wildman–Crippen MR) is 77.3 cm³/mol. The highest BCUT2D eigenvalue weighted by atomic mass is 19.3. The molecule has 1 rings (SSSR count). The molecule has 2 N–H and O–H groups in total. The number of carbonyl (C=O) groups is 1. The lowest BCUT2D eigenvalue weighted by atomic mass is 9.91. The van der Waals surface area contributed by atoms with Gasteiger partial charge in [0.1, 0.15) is 5.75 Å². The fourth-order valence-electron chi connectivity index (χ4n) is 1.88. The number of ether oxygens (including phenoxy) is 1. The smallest absolute Gasteiger partial charge is 0.387 e. The second-order valence-corrected chi connectivity index (χ2v) is 5.51. The Morgan fingerprint density at radius 3 is 2.33 bits per heavy atom. The van der Waals surface area contributed by atoms with Gasteiger partial charge in [-0.3, -0.25) is 4.79 Å². The fraction of sp³-hybridized carbons (Fsp3) is 0.533. The van der Waals surface area contributed by atoms with Crippen LogP contribution in [0.15, 0.2) is 24.3 Å². The molecule has 0 bridgehead atoms. The first-order valence-corrected chi connectivity index (χ1v) is 6.76. The maximum absolute atomic E-state index is 12.1. The van der Waals surface area contributed by atoms with Crippen molar-refractivity contribution in [2.75, 3.05) is 13.6 Å². The minimum atomic E-state index is -2.82.